The molecule has 1 N–H and O–H groups in total. The van der Waals surface area contributed by atoms with Gasteiger partial charge < -0.3 is 5.32 Å². The van der Waals surface area contributed by atoms with Crippen molar-refractivity contribution in [3.63, 3.8) is 0 Å². The van der Waals surface area contributed by atoms with E-state index in [1.165, 1.54) is 0 Å². The van der Waals surface area contributed by atoms with Gasteiger partial charge in [-0.2, -0.15) is 9.67 Å². The summed E-state index contributed by atoms with van der Waals surface area (Å²) in [5.74, 6) is 2.95. The van der Waals surface area contributed by atoms with E-state index in [0.29, 0.717) is 5.95 Å². The van der Waals surface area contributed by atoms with Crippen LogP contribution in [0.1, 0.15) is 24.1 Å². The Morgan fingerprint density at radius 2 is 2.00 bits per heavy atom. The summed E-state index contributed by atoms with van der Waals surface area (Å²) < 4.78 is 1.74. The van der Waals surface area contributed by atoms with E-state index >= 15 is 0 Å². The number of hydrogen-bond acceptors (Lipinski definition) is 5. The highest BCUT2D eigenvalue weighted by Crippen LogP contribution is 2.13. The van der Waals surface area contributed by atoms with Gasteiger partial charge in [-0.05, 0) is 27.7 Å². The van der Waals surface area contributed by atoms with Crippen molar-refractivity contribution in [3.05, 3.63) is 23.4 Å². The number of rotatable bonds is 3. The number of anilines is 1. The molecule has 6 heteroatoms. The Labute approximate surface area is 100 Å². The van der Waals surface area contributed by atoms with Gasteiger partial charge in [-0.1, -0.05) is 0 Å². The first kappa shape index (κ1) is 11.5. The van der Waals surface area contributed by atoms with Crippen LogP contribution >= 0.6 is 0 Å². The van der Waals surface area contributed by atoms with Crippen LogP contribution in [0.2, 0.25) is 0 Å². The van der Waals surface area contributed by atoms with E-state index in [-0.39, 0.29) is 0 Å². The molecule has 0 amide bonds. The van der Waals surface area contributed by atoms with Crippen molar-refractivity contribution in [1.82, 2.24) is 24.7 Å². The zero-order valence-corrected chi connectivity index (χ0v) is 10.5. The third-order valence-electron chi connectivity index (χ3n) is 2.36. The first-order chi connectivity index (χ1) is 8.11. The molecule has 6 nitrogen and oxygen atoms in total. The van der Waals surface area contributed by atoms with Gasteiger partial charge in [0.15, 0.2) is 5.82 Å². The van der Waals surface area contributed by atoms with E-state index in [0.717, 1.165) is 29.6 Å². The fraction of sp³-hybridized carbons (Fsp3) is 0.455. The summed E-state index contributed by atoms with van der Waals surface area (Å²) >= 11 is 0. The van der Waals surface area contributed by atoms with Crippen molar-refractivity contribution < 1.29 is 0 Å². The molecule has 90 valence electrons. The van der Waals surface area contributed by atoms with Crippen LogP contribution in [0.3, 0.4) is 0 Å². The Morgan fingerprint density at radius 1 is 1.24 bits per heavy atom. The molecule has 0 aliphatic carbocycles. The number of nitrogens with zero attached hydrogens (tertiary/aromatic N) is 5. The maximum absolute atomic E-state index is 4.44. The molecule has 0 spiro atoms. The quantitative estimate of drug-likeness (QED) is 0.866. The topological polar surface area (TPSA) is 68.5 Å². The number of aromatic nitrogens is 5. The fourth-order valence-electron chi connectivity index (χ4n) is 1.61. The van der Waals surface area contributed by atoms with Gasteiger partial charge >= 0.3 is 0 Å². The average molecular weight is 232 g/mol. The minimum Gasteiger partial charge on any atom is -0.354 e. The molecular weight excluding hydrogens is 216 g/mol. The molecule has 2 heterocycles. The SMILES string of the molecule is CCNc1ncc(C)c(-n2nc(C)nc2C)n1. The molecule has 0 aliphatic heterocycles. The molecule has 0 radical (unpaired) electrons. The van der Waals surface area contributed by atoms with Crippen LogP contribution in [-0.2, 0) is 0 Å². The van der Waals surface area contributed by atoms with Gasteiger partial charge in [0, 0.05) is 18.3 Å². The Bertz CT molecular complexity index is 531. The van der Waals surface area contributed by atoms with Gasteiger partial charge in [0.1, 0.15) is 11.6 Å². The van der Waals surface area contributed by atoms with Crippen molar-refractivity contribution in [3.8, 4) is 5.82 Å². The summed E-state index contributed by atoms with van der Waals surface area (Å²) in [6, 6.07) is 0. The molecular formula is C11H16N6. The van der Waals surface area contributed by atoms with E-state index in [1.54, 1.807) is 10.9 Å². The molecule has 2 aromatic heterocycles. The third kappa shape index (κ3) is 2.25. The molecule has 0 saturated carbocycles. The molecule has 0 aliphatic rings. The van der Waals surface area contributed by atoms with Gasteiger partial charge in [-0.3, -0.25) is 0 Å². The lowest BCUT2D eigenvalue weighted by molar-refractivity contribution is 0.790. The first-order valence-corrected chi connectivity index (χ1v) is 5.60. The molecule has 2 aromatic rings. The van der Waals surface area contributed by atoms with E-state index in [1.807, 2.05) is 27.7 Å². The molecule has 17 heavy (non-hydrogen) atoms. The van der Waals surface area contributed by atoms with Crippen molar-refractivity contribution in [2.75, 3.05) is 11.9 Å². The van der Waals surface area contributed by atoms with Crippen LogP contribution in [0.4, 0.5) is 5.95 Å². The molecule has 0 bridgehead atoms. The van der Waals surface area contributed by atoms with Crippen molar-refractivity contribution in [2.45, 2.75) is 27.7 Å². The van der Waals surface area contributed by atoms with E-state index in [2.05, 4.69) is 25.4 Å². The Hall–Kier alpha value is -1.98. The second kappa shape index (κ2) is 4.48. The Balaban J connectivity index is 2.50. The van der Waals surface area contributed by atoms with Crippen LogP contribution in [0, 0.1) is 20.8 Å². The molecule has 0 unspecified atom stereocenters. The predicted octanol–water partition coefficient (Wildman–Crippen LogP) is 1.41. The summed E-state index contributed by atoms with van der Waals surface area (Å²) in [5.41, 5.74) is 0.972. The maximum Gasteiger partial charge on any atom is 0.224 e. The van der Waals surface area contributed by atoms with Gasteiger partial charge in [0.05, 0.1) is 0 Å². The zero-order chi connectivity index (χ0) is 12.4. The summed E-state index contributed by atoms with van der Waals surface area (Å²) in [5, 5.41) is 7.42. The van der Waals surface area contributed by atoms with Crippen LogP contribution in [0.25, 0.3) is 5.82 Å². The lowest BCUT2D eigenvalue weighted by Gasteiger charge is -2.08. The molecule has 2 rings (SSSR count). The molecule has 0 atom stereocenters. The van der Waals surface area contributed by atoms with E-state index in [9.17, 15) is 0 Å². The lowest BCUT2D eigenvalue weighted by atomic mass is 10.3. The highest BCUT2D eigenvalue weighted by Gasteiger charge is 2.10. The van der Waals surface area contributed by atoms with Gasteiger partial charge in [-0.25, -0.2) is 9.97 Å². The highest BCUT2D eigenvalue weighted by molar-refractivity contribution is 5.37. The largest absolute Gasteiger partial charge is 0.354 e. The van der Waals surface area contributed by atoms with Gasteiger partial charge in [0.2, 0.25) is 5.95 Å². The zero-order valence-electron chi connectivity index (χ0n) is 10.5. The van der Waals surface area contributed by atoms with Crippen LogP contribution in [-0.4, -0.2) is 31.3 Å². The third-order valence-corrected chi connectivity index (χ3v) is 2.36. The van der Waals surface area contributed by atoms with Gasteiger partial charge in [0.25, 0.3) is 0 Å². The Kier molecular flexibility index (Phi) is 3.03. The van der Waals surface area contributed by atoms with Crippen LogP contribution in [0.5, 0.6) is 0 Å². The number of nitrogens with one attached hydrogen (secondary N) is 1. The van der Waals surface area contributed by atoms with Crippen LogP contribution in [0.15, 0.2) is 6.20 Å². The van der Waals surface area contributed by atoms with E-state index < -0.39 is 0 Å². The standard InChI is InChI=1S/C11H16N6/c1-5-12-11-13-6-7(2)10(15-11)17-9(4)14-8(3)16-17/h6H,5H2,1-4H3,(H,12,13,15). The molecule has 0 aromatic carbocycles. The summed E-state index contributed by atoms with van der Waals surface area (Å²) in [7, 11) is 0. The van der Waals surface area contributed by atoms with Crippen LogP contribution < -0.4 is 5.32 Å². The van der Waals surface area contributed by atoms with E-state index in [4.69, 9.17) is 0 Å². The Morgan fingerprint density at radius 3 is 2.59 bits per heavy atom. The molecule has 0 saturated heterocycles. The monoisotopic (exact) mass is 232 g/mol. The summed E-state index contributed by atoms with van der Waals surface area (Å²) in [6.07, 6.45) is 1.79. The number of aryl methyl sites for hydroxylation is 3. The van der Waals surface area contributed by atoms with Crippen molar-refractivity contribution >= 4 is 5.95 Å². The lowest BCUT2D eigenvalue weighted by Crippen LogP contribution is -2.09. The smallest absolute Gasteiger partial charge is 0.224 e. The maximum atomic E-state index is 4.44. The van der Waals surface area contributed by atoms with Crippen molar-refractivity contribution in [1.29, 1.82) is 0 Å². The fourth-order valence-corrected chi connectivity index (χ4v) is 1.61. The second-order valence-corrected chi connectivity index (χ2v) is 3.85. The minimum absolute atomic E-state index is 0.612. The predicted molar refractivity (Wildman–Crippen MR) is 65.3 cm³/mol. The molecule has 0 fully saturated rings. The second-order valence-electron chi connectivity index (χ2n) is 3.85. The normalized spacial score (nSPS) is 10.6. The summed E-state index contributed by atoms with van der Waals surface area (Å²) in [6.45, 7) is 8.53. The first-order valence-electron chi connectivity index (χ1n) is 5.60. The van der Waals surface area contributed by atoms with Crippen molar-refractivity contribution in [2.24, 2.45) is 0 Å². The van der Waals surface area contributed by atoms with Gasteiger partial charge in [-0.15, -0.1) is 5.10 Å². The minimum atomic E-state index is 0.612. The average Bonchev–Trinajstić information content (AvgIpc) is 2.61. The highest BCUT2D eigenvalue weighted by atomic mass is 15.4. The number of hydrogen-bond donors (Lipinski definition) is 1. The summed E-state index contributed by atoms with van der Waals surface area (Å²) in [4.78, 5) is 12.9.